The Morgan fingerprint density at radius 3 is 2.71 bits per heavy atom. The first-order valence-electron chi connectivity index (χ1n) is 7.55. The highest BCUT2D eigenvalue weighted by atomic mass is 35.5. The van der Waals surface area contributed by atoms with E-state index in [0.29, 0.717) is 17.4 Å². The maximum absolute atomic E-state index is 12.4. The number of nitrogens with one attached hydrogen (secondary N) is 1. The standard InChI is InChI=1S/C16H21ClN6O/c1-9(2)8-23(4)15-13(17)21-12(14(18)22-15)16(24)20-11-5-10(3)6-19-7-11/h5-7,9H,8H2,1-4H3,(H2,18,22)(H,20,24). The summed E-state index contributed by atoms with van der Waals surface area (Å²) in [6, 6.07) is 1.79. The Hall–Kier alpha value is -2.41. The van der Waals surface area contributed by atoms with Crippen LogP contribution >= 0.6 is 11.6 Å². The second-order valence-electron chi connectivity index (χ2n) is 6.05. The molecule has 0 fully saturated rings. The van der Waals surface area contributed by atoms with Crippen LogP contribution in [-0.2, 0) is 0 Å². The molecule has 2 aromatic rings. The van der Waals surface area contributed by atoms with Crippen LogP contribution in [0, 0.1) is 12.8 Å². The maximum atomic E-state index is 12.4. The molecule has 0 aliphatic rings. The van der Waals surface area contributed by atoms with Gasteiger partial charge in [0, 0.05) is 19.8 Å². The molecule has 0 aromatic carbocycles. The molecule has 0 aliphatic heterocycles. The van der Waals surface area contributed by atoms with Crippen molar-refractivity contribution < 1.29 is 4.79 Å². The van der Waals surface area contributed by atoms with E-state index < -0.39 is 5.91 Å². The summed E-state index contributed by atoms with van der Waals surface area (Å²) in [6.45, 7) is 6.79. The summed E-state index contributed by atoms with van der Waals surface area (Å²) in [5.41, 5.74) is 7.38. The third-order valence-electron chi connectivity index (χ3n) is 3.21. The molecule has 1 amide bonds. The highest BCUT2D eigenvalue weighted by molar-refractivity contribution is 6.32. The van der Waals surface area contributed by atoms with Crippen molar-refractivity contribution in [2.75, 3.05) is 29.5 Å². The number of hydrogen-bond acceptors (Lipinski definition) is 6. The van der Waals surface area contributed by atoms with E-state index in [1.165, 1.54) is 0 Å². The molecule has 2 aromatic heterocycles. The van der Waals surface area contributed by atoms with Crippen molar-refractivity contribution >= 4 is 34.8 Å². The average Bonchev–Trinajstić information content (AvgIpc) is 2.48. The zero-order valence-corrected chi connectivity index (χ0v) is 14.9. The van der Waals surface area contributed by atoms with Crippen LogP contribution < -0.4 is 16.0 Å². The number of aromatic nitrogens is 3. The molecule has 128 valence electrons. The zero-order valence-electron chi connectivity index (χ0n) is 14.2. The summed E-state index contributed by atoms with van der Waals surface area (Å²) in [4.78, 5) is 26.6. The molecule has 2 rings (SSSR count). The molecule has 0 aliphatic carbocycles. The number of hydrogen-bond donors (Lipinski definition) is 2. The van der Waals surface area contributed by atoms with Crippen molar-refractivity contribution in [1.82, 2.24) is 15.0 Å². The van der Waals surface area contributed by atoms with Gasteiger partial charge in [-0.05, 0) is 24.5 Å². The van der Waals surface area contributed by atoms with Crippen LogP contribution in [0.5, 0.6) is 0 Å². The summed E-state index contributed by atoms with van der Waals surface area (Å²) < 4.78 is 0. The highest BCUT2D eigenvalue weighted by Crippen LogP contribution is 2.24. The lowest BCUT2D eigenvalue weighted by molar-refractivity contribution is 0.102. The Labute approximate surface area is 146 Å². The van der Waals surface area contributed by atoms with Gasteiger partial charge in [0.2, 0.25) is 0 Å². The van der Waals surface area contributed by atoms with Crippen molar-refractivity contribution in [2.45, 2.75) is 20.8 Å². The van der Waals surface area contributed by atoms with Gasteiger partial charge in [0.1, 0.15) is 0 Å². The summed E-state index contributed by atoms with van der Waals surface area (Å²) >= 11 is 6.19. The predicted octanol–water partition coefficient (Wildman–Crippen LogP) is 2.76. The van der Waals surface area contributed by atoms with Gasteiger partial charge in [-0.1, -0.05) is 25.4 Å². The van der Waals surface area contributed by atoms with E-state index in [2.05, 4.69) is 34.1 Å². The number of pyridine rings is 1. The molecule has 0 atom stereocenters. The molecule has 0 radical (unpaired) electrons. The fourth-order valence-corrected chi connectivity index (χ4v) is 2.55. The summed E-state index contributed by atoms with van der Waals surface area (Å²) in [6.07, 6.45) is 3.24. The van der Waals surface area contributed by atoms with Crippen molar-refractivity contribution in [3.8, 4) is 0 Å². The summed E-state index contributed by atoms with van der Waals surface area (Å²) in [7, 11) is 1.85. The Morgan fingerprint density at radius 2 is 2.08 bits per heavy atom. The normalized spacial score (nSPS) is 10.8. The third-order valence-corrected chi connectivity index (χ3v) is 3.47. The van der Waals surface area contributed by atoms with Crippen LogP contribution in [0.4, 0.5) is 17.3 Å². The van der Waals surface area contributed by atoms with Gasteiger partial charge in [0.15, 0.2) is 22.5 Å². The van der Waals surface area contributed by atoms with Crippen LogP contribution in [-0.4, -0.2) is 34.5 Å². The van der Waals surface area contributed by atoms with Crippen molar-refractivity contribution in [2.24, 2.45) is 5.92 Å². The fourth-order valence-electron chi connectivity index (χ4n) is 2.28. The number of nitrogens with two attached hydrogens (primary N) is 1. The number of nitrogens with zero attached hydrogens (tertiary/aromatic N) is 4. The Morgan fingerprint density at radius 1 is 1.38 bits per heavy atom. The lowest BCUT2D eigenvalue weighted by Gasteiger charge is -2.21. The van der Waals surface area contributed by atoms with E-state index >= 15 is 0 Å². The molecule has 24 heavy (non-hydrogen) atoms. The van der Waals surface area contributed by atoms with Crippen LogP contribution in [0.15, 0.2) is 18.5 Å². The number of halogens is 1. The number of amides is 1. The number of anilines is 3. The minimum absolute atomic E-state index is 0.0109. The van der Waals surface area contributed by atoms with E-state index in [1.807, 2.05) is 18.9 Å². The Bertz CT molecular complexity index is 749. The van der Waals surface area contributed by atoms with Crippen LogP contribution in [0.25, 0.3) is 0 Å². The smallest absolute Gasteiger partial charge is 0.278 e. The van der Waals surface area contributed by atoms with Gasteiger partial charge in [0.25, 0.3) is 5.91 Å². The molecule has 0 bridgehead atoms. The maximum Gasteiger partial charge on any atom is 0.278 e. The first kappa shape index (κ1) is 17.9. The third kappa shape index (κ3) is 4.32. The Balaban J connectivity index is 2.25. The Kier molecular flexibility index (Phi) is 5.56. The van der Waals surface area contributed by atoms with E-state index in [1.54, 1.807) is 18.5 Å². The second-order valence-corrected chi connectivity index (χ2v) is 6.41. The molecular weight excluding hydrogens is 328 g/mol. The van der Waals surface area contributed by atoms with Crippen molar-refractivity contribution in [1.29, 1.82) is 0 Å². The molecule has 0 spiro atoms. The highest BCUT2D eigenvalue weighted by Gasteiger charge is 2.19. The van der Waals surface area contributed by atoms with Gasteiger partial charge < -0.3 is 16.0 Å². The number of aryl methyl sites for hydroxylation is 1. The molecule has 0 unspecified atom stereocenters. The summed E-state index contributed by atoms with van der Waals surface area (Å²) in [5, 5.41) is 2.83. The first-order chi connectivity index (χ1) is 11.3. The lowest BCUT2D eigenvalue weighted by atomic mass is 10.2. The summed E-state index contributed by atoms with van der Waals surface area (Å²) in [5.74, 6) is 0.429. The quantitative estimate of drug-likeness (QED) is 0.862. The van der Waals surface area contributed by atoms with Crippen LogP contribution in [0.1, 0.15) is 29.9 Å². The predicted molar refractivity (Wildman–Crippen MR) is 96.5 cm³/mol. The molecule has 3 N–H and O–H groups in total. The molecule has 8 heteroatoms. The average molecular weight is 349 g/mol. The first-order valence-corrected chi connectivity index (χ1v) is 7.93. The number of carbonyl (C=O) groups is 1. The number of nitrogen functional groups attached to an aromatic ring is 1. The largest absolute Gasteiger partial charge is 0.382 e. The van der Waals surface area contributed by atoms with E-state index in [-0.39, 0.29) is 16.7 Å². The van der Waals surface area contributed by atoms with Crippen LogP contribution in [0.2, 0.25) is 5.15 Å². The van der Waals surface area contributed by atoms with E-state index in [9.17, 15) is 4.79 Å². The molecule has 2 heterocycles. The minimum atomic E-state index is -0.479. The topological polar surface area (TPSA) is 97.0 Å². The van der Waals surface area contributed by atoms with Crippen LogP contribution in [0.3, 0.4) is 0 Å². The molecule has 7 nitrogen and oxygen atoms in total. The SMILES string of the molecule is Cc1cncc(NC(=O)c2nc(Cl)c(N(C)CC(C)C)nc2N)c1. The van der Waals surface area contributed by atoms with Gasteiger partial charge in [-0.3, -0.25) is 9.78 Å². The monoisotopic (exact) mass is 348 g/mol. The van der Waals surface area contributed by atoms with Crippen molar-refractivity contribution in [3.05, 3.63) is 34.9 Å². The van der Waals surface area contributed by atoms with Crippen molar-refractivity contribution in [3.63, 3.8) is 0 Å². The minimum Gasteiger partial charge on any atom is -0.382 e. The van der Waals surface area contributed by atoms with Gasteiger partial charge in [0.05, 0.1) is 11.9 Å². The zero-order chi connectivity index (χ0) is 17.9. The van der Waals surface area contributed by atoms with Gasteiger partial charge >= 0.3 is 0 Å². The number of rotatable bonds is 5. The molecular formula is C16H21ClN6O. The molecule has 0 saturated carbocycles. The van der Waals surface area contributed by atoms with E-state index in [4.69, 9.17) is 17.3 Å². The van der Waals surface area contributed by atoms with Gasteiger partial charge in [-0.25, -0.2) is 9.97 Å². The van der Waals surface area contributed by atoms with E-state index in [0.717, 1.165) is 12.1 Å². The molecule has 0 saturated heterocycles. The number of carbonyl (C=O) groups excluding carboxylic acids is 1. The van der Waals surface area contributed by atoms with Gasteiger partial charge in [-0.2, -0.15) is 0 Å². The second kappa shape index (κ2) is 7.44. The van der Waals surface area contributed by atoms with Gasteiger partial charge in [-0.15, -0.1) is 0 Å². The lowest BCUT2D eigenvalue weighted by Crippen LogP contribution is -2.26. The fraction of sp³-hybridized carbons (Fsp3) is 0.375.